The molecule has 1 aromatic heterocycles. The van der Waals surface area contributed by atoms with Gasteiger partial charge in [-0.1, -0.05) is 133 Å². The number of fused-ring (bicyclic) bond motifs is 9. The molecule has 1 aliphatic rings. The van der Waals surface area contributed by atoms with Crippen molar-refractivity contribution in [1.29, 1.82) is 0 Å². The summed E-state index contributed by atoms with van der Waals surface area (Å²) in [6.07, 6.45) is 2.02. The molecule has 0 N–H and O–H groups in total. The Morgan fingerprint density at radius 2 is 0.812 bits per heavy atom. The van der Waals surface area contributed by atoms with Crippen molar-refractivity contribution in [3.63, 3.8) is 0 Å². The Kier molecular flexibility index (Phi) is 6.43. The van der Waals surface area contributed by atoms with Crippen molar-refractivity contribution in [3.05, 3.63) is 169 Å². The second kappa shape index (κ2) is 11.1. The third kappa shape index (κ3) is 4.47. The van der Waals surface area contributed by atoms with Crippen LogP contribution in [0, 0.1) is 0 Å². The molecule has 48 heavy (non-hydrogen) atoms. The van der Waals surface area contributed by atoms with Gasteiger partial charge in [0.25, 0.3) is 0 Å². The average molecular weight is 638 g/mol. The van der Waals surface area contributed by atoms with E-state index in [1.807, 2.05) is 0 Å². The zero-order valence-electron chi connectivity index (χ0n) is 26.3. The molecule has 0 saturated carbocycles. The highest BCUT2D eigenvalue weighted by molar-refractivity contribution is 7.39. The van der Waals surface area contributed by atoms with Crippen LogP contribution < -0.4 is 4.67 Å². The molecule has 8 aromatic carbocycles. The zero-order chi connectivity index (χ0) is 31.6. The number of nitrogens with zero attached hydrogens (tertiary/aromatic N) is 1. The van der Waals surface area contributed by atoms with Gasteiger partial charge in [-0.15, -0.1) is 0 Å². The van der Waals surface area contributed by atoms with Crippen LogP contribution in [0.1, 0.15) is 36.1 Å². The second-order valence-corrected chi connectivity index (χ2v) is 14.2. The predicted molar refractivity (Wildman–Crippen MR) is 202 cm³/mol. The smallest absolute Gasteiger partial charge is 0.310 e. The van der Waals surface area contributed by atoms with E-state index in [0.29, 0.717) is 0 Å². The van der Waals surface area contributed by atoms with Crippen molar-refractivity contribution in [2.24, 2.45) is 0 Å². The first-order chi connectivity index (χ1) is 23.8. The summed E-state index contributed by atoms with van der Waals surface area (Å²) in [6.45, 7) is 0. The van der Waals surface area contributed by atoms with Gasteiger partial charge in [0.05, 0.1) is 0 Å². The van der Waals surface area contributed by atoms with Crippen molar-refractivity contribution in [2.45, 2.75) is 24.9 Å². The third-order valence-corrected chi connectivity index (χ3v) is 11.9. The number of hydrogen-bond acceptors (Lipinski definition) is 3. The fourth-order valence-corrected chi connectivity index (χ4v) is 9.77. The van der Waals surface area contributed by atoms with Gasteiger partial charge in [-0.3, -0.25) is 0 Å². The molecule has 1 saturated heterocycles. The van der Waals surface area contributed by atoms with Gasteiger partial charge >= 0.3 is 8.16 Å². The molecule has 0 radical (unpaired) electrons. The van der Waals surface area contributed by atoms with E-state index in [1.54, 1.807) is 0 Å². The van der Waals surface area contributed by atoms with Gasteiger partial charge in [0, 0.05) is 22.9 Å². The molecular formula is C44H32NO2P. The van der Waals surface area contributed by atoms with Gasteiger partial charge in [-0.05, 0) is 91.3 Å². The van der Waals surface area contributed by atoms with Crippen LogP contribution in [0.5, 0.6) is 0 Å². The van der Waals surface area contributed by atoms with Gasteiger partial charge in [-0.25, -0.2) is 0 Å². The van der Waals surface area contributed by atoms with E-state index >= 15 is 0 Å². The highest BCUT2D eigenvalue weighted by Crippen LogP contribution is 2.54. The lowest BCUT2D eigenvalue weighted by Crippen LogP contribution is -2.23. The van der Waals surface area contributed by atoms with Crippen LogP contribution in [0.4, 0.5) is 0 Å². The van der Waals surface area contributed by atoms with Gasteiger partial charge < -0.3 is 8.39 Å². The topological polar surface area (TPSA) is 29.5 Å². The molecule has 2 atom stereocenters. The van der Waals surface area contributed by atoms with Gasteiger partial charge in [0.1, 0.15) is 11.2 Å². The lowest BCUT2D eigenvalue weighted by Gasteiger charge is -2.27. The van der Waals surface area contributed by atoms with Crippen LogP contribution in [0.15, 0.2) is 166 Å². The van der Waals surface area contributed by atoms with Crippen LogP contribution in [0.25, 0.3) is 65.0 Å². The van der Waals surface area contributed by atoms with Gasteiger partial charge in [0.15, 0.2) is 0 Å². The van der Waals surface area contributed by atoms with Crippen molar-refractivity contribution in [3.8, 4) is 0 Å². The predicted octanol–water partition coefficient (Wildman–Crippen LogP) is 13.1. The highest BCUT2D eigenvalue weighted by atomic mass is 31.1. The lowest BCUT2D eigenvalue weighted by atomic mass is 9.99. The van der Waals surface area contributed by atoms with Crippen molar-refractivity contribution >= 4 is 73.2 Å². The first-order valence-electron chi connectivity index (χ1n) is 16.7. The summed E-state index contributed by atoms with van der Waals surface area (Å²) in [5.74, 6) is 0. The van der Waals surface area contributed by atoms with E-state index < -0.39 is 8.16 Å². The normalized spacial score (nSPS) is 16.9. The number of benzene rings is 8. The fourth-order valence-electron chi connectivity index (χ4n) is 7.95. The number of hydrogen-bond donors (Lipinski definition) is 0. The summed E-state index contributed by atoms with van der Waals surface area (Å²) in [5.41, 5.74) is 4.34. The van der Waals surface area contributed by atoms with Crippen LogP contribution in [-0.4, -0.2) is 0 Å². The van der Waals surface area contributed by atoms with Crippen molar-refractivity contribution in [2.75, 3.05) is 4.67 Å². The molecule has 0 aliphatic carbocycles. The molecule has 1 fully saturated rings. The minimum absolute atomic E-state index is 0.128. The van der Waals surface area contributed by atoms with E-state index in [1.165, 1.54) is 54.2 Å². The first-order valence-corrected chi connectivity index (χ1v) is 17.9. The molecule has 2 unspecified atom stereocenters. The van der Waals surface area contributed by atoms with Crippen LogP contribution >= 0.6 is 8.16 Å². The Bertz CT molecular complexity index is 2550. The monoisotopic (exact) mass is 637 g/mol. The third-order valence-electron chi connectivity index (χ3n) is 10.2. The van der Waals surface area contributed by atoms with E-state index in [4.69, 9.17) is 8.39 Å². The van der Waals surface area contributed by atoms with E-state index in [-0.39, 0.29) is 12.1 Å². The first kappa shape index (κ1) is 27.7. The Morgan fingerprint density at radius 1 is 0.417 bits per heavy atom. The molecule has 0 bridgehead atoms. The second-order valence-electron chi connectivity index (χ2n) is 12.9. The summed E-state index contributed by atoms with van der Waals surface area (Å²) in [5, 5.41) is 12.0. The maximum atomic E-state index is 7.23. The summed E-state index contributed by atoms with van der Waals surface area (Å²) in [4.78, 5) is 0. The highest BCUT2D eigenvalue weighted by Gasteiger charge is 2.40. The lowest BCUT2D eigenvalue weighted by molar-refractivity contribution is 0.594. The summed E-state index contributed by atoms with van der Waals surface area (Å²) in [6, 6.07) is 57.3. The Balaban J connectivity index is 1.27. The minimum atomic E-state index is -1.56. The molecule has 10 rings (SSSR count). The summed E-state index contributed by atoms with van der Waals surface area (Å²) < 4.78 is 17.0. The van der Waals surface area contributed by atoms with Crippen LogP contribution in [0.3, 0.4) is 0 Å². The molecule has 9 aromatic rings. The molecule has 4 heteroatoms. The summed E-state index contributed by atoms with van der Waals surface area (Å²) in [7, 11) is -1.56. The molecule has 1 aliphatic heterocycles. The molecule has 0 amide bonds. The molecule has 230 valence electrons. The molecule has 2 heterocycles. The van der Waals surface area contributed by atoms with Gasteiger partial charge in [0.2, 0.25) is 0 Å². The maximum absolute atomic E-state index is 7.23. The SMILES string of the molecule is c1ccc2cc(C3CCC(c4ccc5ccccc5c4)N3p3oc4ccc5ccccc5c4c4c(ccc5ccccc54)o3)ccc2c1. The molecular weight excluding hydrogens is 605 g/mol. The van der Waals surface area contributed by atoms with E-state index in [2.05, 4.69) is 162 Å². The largest absolute Gasteiger partial charge is 0.408 e. The zero-order valence-corrected chi connectivity index (χ0v) is 27.2. The Morgan fingerprint density at radius 3 is 1.29 bits per heavy atom. The van der Waals surface area contributed by atoms with Crippen LogP contribution in [-0.2, 0) is 0 Å². The van der Waals surface area contributed by atoms with Crippen LogP contribution in [0.2, 0.25) is 0 Å². The van der Waals surface area contributed by atoms with E-state index in [9.17, 15) is 0 Å². The number of rotatable bonds is 3. The fraction of sp³-hybridized carbons (Fsp3) is 0.0909. The molecule has 0 spiro atoms. The van der Waals surface area contributed by atoms with E-state index in [0.717, 1.165) is 34.8 Å². The van der Waals surface area contributed by atoms with Crippen molar-refractivity contribution in [1.82, 2.24) is 0 Å². The quantitative estimate of drug-likeness (QED) is 0.193. The van der Waals surface area contributed by atoms with Crippen molar-refractivity contribution < 1.29 is 8.39 Å². The standard InChI is InChI=1S/C44H32NO2P/c1-3-13-33-27-35(19-17-29(33)9-1)39-23-24-40(36-20-18-30-10-2-4-14-34(30)28-36)45(39)48-46-41-25-21-31-11-5-7-15-37(31)43(41)44-38-16-8-6-12-32(38)22-26-42(44)47-48/h1-22,25-28,39-40H,23-24H2. The summed E-state index contributed by atoms with van der Waals surface area (Å²) >= 11 is 0. The van der Waals surface area contributed by atoms with Gasteiger partial charge in [-0.2, -0.15) is 4.67 Å². The Hall–Kier alpha value is -5.34. The Labute approximate surface area is 279 Å². The minimum Gasteiger partial charge on any atom is -0.408 e. The average Bonchev–Trinajstić information content (AvgIpc) is 3.51. The molecule has 3 nitrogen and oxygen atoms in total. The maximum Gasteiger partial charge on any atom is 0.310 e.